The Hall–Kier alpha value is -1.88. The fourth-order valence-electron chi connectivity index (χ4n) is 2.67. The van der Waals surface area contributed by atoms with Crippen LogP contribution >= 0.6 is 11.6 Å². The van der Waals surface area contributed by atoms with Crippen molar-refractivity contribution in [2.45, 2.75) is 18.8 Å². The Morgan fingerprint density at radius 3 is 2.57 bits per heavy atom. The molecule has 1 aliphatic rings. The average Bonchev–Trinajstić information content (AvgIpc) is 2.58. The van der Waals surface area contributed by atoms with Gasteiger partial charge in [-0.2, -0.15) is 0 Å². The van der Waals surface area contributed by atoms with E-state index in [1.54, 1.807) is 29.2 Å². The molecule has 2 atom stereocenters. The van der Waals surface area contributed by atoms with Gasteiger partial charge < -0.3 is 14.7 Å². The molecule has 2 aromatic carbocycles. The summed E-state index contributed by atoms with van der Waals surface area (Å²) in [6, 6.07) is 16.6. The van der Waals surface area contributed by atoms with Gasteiger partial charge in [0, 0.05) is 18.1 Å². The lowest BCUT2D eigenvalue weighted by Crippen LogP contribution is -2.49. The van der Waals surface area contributed by atoms with Crippen LogP contribution in [0.5, 0.6) is 0 Å². The molecule has 3 rings (SSSR count). The molecule has 5 heteroatoms. The standard InChI is InChI=1S/C18H18ClNO3/c19-15-8-6-14(7-9-15)16(21)17-18(22)20(10-11-23-17)12-13-4-2-1-3-5-13/h1-9,16-17,21H,10-12H2/t16-,17-/m1/s1. The minimum Gasteiger partial charge on any atom is -0.385 e. The fraction of sp³-hybridized carbons (Fsp3) is 0.278. The van der Waals surface area contributed by atoms with Crippen LogP contribution in [0.3, 0.4) is 0 Å². The minimum atomic E-state index is -1.00. The Balaban J connectivity index is 1.72. The van der Waals surface area contributed by atoms with Crippen LogP contribution in [-0.4, -0.2) is 35.2 Å². The van der Waals surface area contributed by atoms with Crippen LogP contribution in [0.2, 0.25) is 5.02 Å². The number of benzene rings is 2. The smallest absolute Gasteiger partial charge is 0.255 e. The van der Waals surface area contributed by atoms with Crippen LogP contribution < -0.4 is 0 Å². The van der Waals surface area contributed by atoms with Crippen molar-refractivity contribution >= 4 is 17.5 Å². The minimum absolute atomic E-state index is 0.192. The van der Waals surface area contributed by atoms with Gasteiger partial charge in [0.05, 0.1) is 6.61 Å². The summed E-state index contributed by atoms with van der Waals surface area (Å²) < 4.78 is 5.53. The largest absolute Gasteiger partial charge is 0.385 e. The Labute approximate surface area is 140 Å². The maximum absolute atomic E-state index is 12.6. The molecule has 2 aromatic rings. The zero-order valence-electron chi connectivity index (χ0n) is 12.6. The van der Waals surface area contributed by atoms with E-state index < -0.39 is 12.2 Å². The van der Waals surface area contributed by atoms with Crippen LogP contribution in [0.4, 0.5) is 0 Å². The molecule has 1 saturated heterocycles. The topological polar surface area (TPSA) is 49.8 Å². The van der Waals surface area contributed by atoms with Crippen molar-refractivity contribution < 1.29 is 14.6 Å². The van der Waals surface area contributed by atoms with Gasteiger partial charge in [-0.25, -0.2) is 0 Å². The van der Waals surface area contributed by atoms with Crippen LogP contribution in [0.25, 0.3) is 0 Å². The van der Waals surface area contributed by atoms with Crippen molar-refractivity contribution in [1.82, 2.24) is 4.90 Å². The zero-order valence-corrected chi connectivity index (χ0v) is 13.3. The summed E-state index contributed by atoms with van der Waals surface area (Å²) in [5.74, 6) is -0.192. The monoisotopic (exact) mass is 331 g/mol. The van der Waals surface area contributed by atoms with E-state index in [1.165, 1.54) is 0 Å². The third-order valence-corrected chi connectivity index (χ3v) is 4.18. The van der Waals surface area contributed by atoms with Crippen molar-refractivity contribution in [2.24, 2.45) is 0 Å². The number of nitrogens with zero attached hydrogens (tertiary/aromatic N) is 1. The van der Waals surface area contributed by atoms with Gasteiger partial charge in [-0.1, -0.05) is 54.1 Å². The lowest BCUT2D eigenvalue weighted by Gasteiger charge is -2.34. The number of morpholine rings is 1. The summed E-state index contributed by atoms with van der Waals surface area (Å²) in [7, 11) is 0. The molecule has 1 N–H and O–H groups in total. The molecule has 1 fully saturated rings. The highest BCUT2D eigenvalue weighted by molar-refractivity contribution is 6.30. The Kier molecular flexibility index (Phi) is 4.96. The van der Waals surface area contributed by atoms with Crippen LogP contribution in [0, 0.1) is 0 Å². The van der Waals surface area contributed by atoms with E-state index >= 15 is 0 Å². The van der Waals surface area contributed by atoms with Gasteiger partial charge in [0.2, 0.25) is 0 Å². The molecule has 0 bridgehead atoms. The van der Waals surface area contributed by atoms with Gasteiger partial charge in [-0.3, -0.25) is 4.79 Å². The fourth-order valence-corrected chi connectivity index (χ4v) is 2.80. The van der Waals surface area contributed by atoms with Gasteiger partial charge in [-0.05, 0) is 23.3 Å². The molecule has 1 amide bonds. The number of rotatable bonds is 4. The molecule has 4 nitrogen and oxygen atoms in total. The number of ether oxygens (including phenoxy) is 1. The van der Waals surface area contributed by atoms with E-state index in [2.05, 4.69) is 0 Å². The zero-order chi connectivity index (χ0) is 16.2. The summed E-state index contributed by atoms with van der Waals surface area (Å²) in [5.41, 5.74) is 1.68. The third-order valence-electron chi connectivity index (χ3n) is 3.93. The van der Waals surface area contributed by atoms with E-state index in [4.69, 9.17) is 16.3 Å². The predicted octanol–water partition coefficient (Wildman–Crippen LogP) is 2.80. The van der Waals surface area contributed by atoms with Crippen molar-refractivity contribution in [2.75, 3.05) is 13.2 Å². The Bertz CT molecular complexity index is 660. The molecule has 1 heterocycles. The molecular formula is C18H18ClNO3. The van der Waals surface area contributed by atoms with Crippen LogP contribution in [0.1, 0.15) is 17.2 Å². The molecule has 0 spiro atoms. The molecule has 1 aliphatic heterocycles. The molecule has 0 unspecified atom stereocenters. The lowest BCUT2D eigenvalue weighted by atomic mass is 10.0. The highest BCUT2D eigenvalue weighted by atomic mass is 35.5. The second-order valence-corrected chi connectivity index (χ2v) is 5.97. The number of amides is 1. The number of carbonyl (C=O) groups is 1. The quantitative estimate of drug-likeness (QED) is 0.937. The highest BCUT2D eigenvalue weighted by Gasteiger charge is 2.35. The van der Waals surface area contributed by atoms with Gasteiger partial charge in [0.25, 0.3) is 5.91 Å². The van der Waals surface area contributed by atoms with E-state index in [9.17, 15) is 9.90 Å². The average molecular weight is 332 g/mol. The number of aliphatic hydroxyl groups is 1. The second-order valence-electron chi connectivity index (χ2n) is 5.53. The van der Waals surface area contributed by atoms with Gasteiger partial charge in [0.15, 0.2) is 6.10 Å². The maximum atomic E-state index is 12.6. The number of carbonyl (C=O) groups excluding carboxylic acids is 1. The Morgan fingerprint density at radius 2 is 1.87 bits per heavy atom. The molecule has 0 aliphatic carbocycles. The first-order chi connectivity index (χ1) is 11.1. The molecule has 0 saturated carbocycles. The Morgan fingerprint density at radius 1 is 1.17 bits per heavy atom. The lowest BCUT2D eigenvalue weighted by molar-refractivity contribution is -0.164. The van der Waals surface area contributed by atoms with Crippen molar-refractivity contribution in [1.29, 1.82) is 0 Å². The van der Waals surface area contributed by atoms with Crippen LogP contribution in [0.15, 0.2) is 54.6 Å². The predicted molar refractivity (Wildman–Crippen MR) is 88.0 cm³/mol. The van der Waals surface area contributed by atoms with Gasteiger partial charge in [-0.15, -0.1) is 0 Å². The first-order valence-corrected chi connectivity index (χ1v) is 7.91. The number of hydrogen-bond acceptors (Lipinski definition) is 3. The summed E-state index contributed by atoms with van der Waals surface area (Å²) in [6.07, 6.45) is -1.88. The van der Waals surface area contributed by atoms with E-state index in [1.807, 2.05) is 30.3 Å². The molecule has 0 aromatic heterocycles. The van der Waals surface area contributed by atoms with Crippen molar-refractivity contribution in [3.63, 3.8) is 0 Å². The summed E-state index contributed by atoms with van der Waals surface area (Å²) in [4.78, 5) is 14.4. The molecular weight excluding hydrogens is 314 g/mol. The number of hydrogen-bond donors (Lipinski definition) is 1. The first-order valence-electron chi connectivity index (χ1n) is 7.53. The summed E-state index contributed by atoms with van der Waals surface area (Å²) in [5, 5.41) is 11.1. The SMILES string of the molecule is O=C1[C@@H]([C@H](O)c2ccc(Cl)cc2)OCCN1Cc1ccccc1. The second kappa shape index (κ2) is 7.13. The van der Waals surface area contributed by atoms with E-state index in [0.29, 0.717) is 30.3 Å². The number of aliphatic hydroxyl groups excluding tert-OH is 1. The third kappa shape index (κ3) is 3.72. The van der Waals surface area contributed by atoms with E-state index in [-0.39, 0.29) is 5.91 Å². The first kappa shape index (κ1) is 16.0. The number of halogens is 1. The van der Waals surface area contributed by atoms with Crippen molar-refractivity contribution in [3.8, 4) is 0 Å². The van der Waals surface area contributed by atoms with Crippen LogP contribution in [-0.2, 0) is 16.1 Å². The van der Waals surface area contributed by atoms with E-state index in [0.717, 1.165) is 5.56 Å². The van der Waals surface area contributed by atoms with Crippen molar-refractivity contribution in [3.05, 3.63) is 70.7 Å². The summed E-state index contributed by atoms with van der Waals surface area (Å²) >= 11 is 5.86. The maximum Gasteiger partial charge on any atom is 0.255 e. The van der Waals surface area contributed by atoms with Gasteiger partial charge in [0.1, 0.15) is 6.10 Å². The highest BCUT2D eigenvalue weighted by Crippen LogP contribution is 2.25. The normalized spacial score (nSPS) is 19.7. The van der Waals surface area contributed by atoms with Gasteiger partial charge >= 0.3 is 0 Å². The summed E-state index contributed by atoms with van der Waals surface area (Å²) in [6.45, 7) is 1.46. The molecule has 23 heavy (non-hydrogen) atoms. The molecule has 0 radical (unpaired) electrons. The molecule has 120 valence electrons.